The van der Waals surface area contributed by atoms with E-state index < -0.39 is 0 Å². The van der Waals surface area contributed by atoms with Gasteiger partial charge >= 0.3 is 0 Å². The maximum absolute atomic E-state index is 12.2. The molecule has 2 N–H and O–H groups in total. The first-order chi connectivity index (χ1) is 9.13. The lowest BCUT2D eigenvalue weighted by Gasteiger charge is -2.21. The summed E-state index contributed by atoms with van der Waals surface area (Å²) in [6.07, 6.45) is 0.908. The molecule has 1 aromatic carbocycles. The van der Waals surface area contributed by atoms with Crippen molar-refractivity contribution in [2.24, 2.45) is 5.92 Å². The van der Waals surface area contributed by atoms with E-state index in [2.05, 4.69) is 17.6 Å². The van der Waals surface area contributed by atoms with Crippen LogP contribution in [-0.4, -0.2) is 25.6 Å². The van der Waals surface area contributed by atoms with Crippen molar-refractivity contribution in [1.29, 1.82) is 0 Å². The average Bonchev–Trinajstić information content (AvgIpc) is 2.85. The molecular weight excluding hydrogens is 240 g/mol. The lowest BCUT2D eigenvalue weighted by molar-refractivity contribution is -0.125. The summed E-state index contributed by atoms with van der Waals surface area (Å²) in [4.78, 5) is 12.2. The number of para-hydroxylation sites is 1. The van der Waals surface area contributed by atoms with E-state index in [0.29, 0.717) is 0 Å². The van der Waals surface area contributed by atoms with Gasteiger partial charge in [-0.1, -0.05) is 18.2 Å². The van der Waals surface area contributed by atoms with Gasteiger partial charge in [0.1, 0.15) is 5.75 Å². The van der Waals surface area contributed by atoms with Gasteiger partial charge in [0.05, 0.1) is 19.1 Å². The molecule has 3 unspecified atom stereocenters. The number of amides is 1. The van der Waals surface area contributed by atoms with E-state index in [1.54, 1.807) is 7.11 Å². The van der Waals surface area contributed by atoms with Gasteiger partial charge in [-0.2, -0.15) is 0 Å². The monoisotopic (exact) mass is 262 g/mol. The van der Waals surface area contributed by atoms with Crippen molar-refractivity contribution in [3.63, 3.8) is 0 Å². The molecule has 0 spiro atoms. The van der Waals surface area contributed by atoms with Crippen molar-refractivity contribution in [3.8, 4) is 5.75 Å². The number of ether oxygens (including phenoxy) is 1. The fourth-order valence-corrected chi connectivity index (χ4v) is 2.64. The molecule has 1 fully saturated rings. The molecule has 1 aromatic rings. The Balaban J connectivity index is 2.04. The van der Waals surface area contributed by atoms with E-state index in [4.69, 9.17) is 4.74 Å². The number of hydrogen-bond donors (Lipinski definition) is 2. The van der Waals surface area contributed by atoms with Crippen molar-refractivity contribution < 1.29 is 9.53 Å². The zero-order chi connectivity index (χ0) is 13.8. The predicted molar refractivity (Wildman–Crippen MR) is 75.1 cm³/mol. The molecule has 0 aliphatic carbocycles. The predicted octanol–water partition coefficient (Wildman–Crippen LogP) is 1.87. The molecule has 3 atom stereocenters. The standard InChI is InChI=1S/C15H22N2O2/c1-10-13(8-9-16-10)15(18)17-11(2)12-6-4-5-7-14(12)19-3/h4-7,10-11,13,16H,8-9H2,1-3H3,(H,17,18). The molecule has 0 aromatic heterocycles. The van der Waals surface area contributed by atoms with Crippen LogP contribution in [0.5, 0.6) is 5.75 Å². The van der Waals surface area contributed by atoms with E-state index in [1.807, 2.05) is 31.2 Å². The highest BCUT2D eigenvalue weighted by Gasteiger charge is 2.30. The zero-order valence-corrected chi connectivity index (χ0v) is 11.8. The molecule has 0 bridgehead atoms. The second-order valence-corrected chi connectivity index (χ2v) is 5.11. The lowest BCUT2D eigenvalue weighted by atomic mass is 9.99. The largest absolute Gasteiger partial charge is 0.496 e. The van der Waals surface area contributed by atoms with Gasteiger partial charge in [-0.15, -0.1) is 0 Å². The number of rotatable bonds is 4. The lowest BCUT2D eigenvalue weighted by Crippen LogP contribution is -2.37. The summed E-state index contributed by atoms with van der Waals surface area (Å²) in [6, 6.07) is 8.00. The number of hydrogen-bond acceptors (Lipinski definition) is 3. The van der Waals surface area contributed by atoms with E-state index in [9.17, 15) is 4.79 Å². The Bertz CT molecular complexity index is 448. The molecule has 0 saturated carbocycles. The minimum atomic E-state index is -0.0450. The second-order valence-electron chi connectivity index (χ2n) is 5.11. The van der Waals surface area contributed by atoms with Gasteiger partial charge in [-0.3, -0.25) is 4.79 Å². The van der Waals surface area contributed by atoms with Gasteiger partial charge in [0, 0.05) is 11.6 Å². The highest BCUT2D eigenvalue weighted by atomic mass is 16.5. The van der Waals surface area contributed by atoms with Crippen LogP contribution in [0.2, 0.25) is 0 Å². The highest BCUT2D eigenvalue weighted by molar-refractivity contribution is 5.80. The number of carbonyl (C=O) groups is 1. The Morgan fingerprint density at radius 1 is 1.47 bits per heavy atom. The van der Waals surface area contributed by atoms with Gasteiger partial charge in [0.2, 0.25) is 5.91 Å². The fraction of sp³-hybridized carbons (Fsp3) is 0.533. The van der Waals surface area contributed by atoms with Crippen molar-refractivity contribution >= 4 is 5.91 Å². The van der Waals surface area contributed by atoms with Crippen LogP contribution in [0.15, 0.2) is 24.3 Å². The molecule has 104 valence electrons. The average molecular weight is 262 g/mol. The summed E-state index contributed by atoms with van der Waals surface area (Å²) in [5.41, 5.74) is 1.01. The minimum absolute atomic E-state index is 0.0450. The third-order valence-corrected chi connectivity index (χ3v) is 3.83. The Kier molecular flexibility index (Phi) is 4.43. The number of methoxy groups -OCH3 is 1. The summed E-state index contributed by atoms with van der Waals surface area (Å²) >= 11 is 0. The maximum Gasteiger partial charge on any atom is 0.225 e. The van der Waals surface area contributed by atoms with Gasteiger partial charge in [0.25, 0.3) is 0 Å². The summed E-state index contributed by atoms with van der Waals surface area (Å²) in [5.74, 6) is 1.00. The van der Waals surface area contributed by atoms with Crippen LogP contribution < -0.4 is 15.4 Å². The number of benzene rings is 1. The number of nitrogens with one attached hydrogen (secondary N) is 2. The summed E-state index contributed by atoms with van der Waals surface area (Å²) in [6.45, 7) is 4.97. The zero-order valence-electron chi connectivity index (χ0n) is 11.8. The molecule has 4 heteroatoms. The Labute approximate surface area is 114 Å². The van der Waals surface area contributed by atoms with E-state index in [1.165, 1.54) is 0 Å². The molecule has 1 aliphatic heterocycles. The third kappa shape index (κ3) is 3.07. The van der Waals surface area contributed by atoms with Gasteiger partial charge < -0.3 is 15.4 Å². The van der Waals surface area contributed by atoms with Gasteiger partial charge in [-0.25, -0.2) is 0 Å². The van der Waals surface area contributed by atoms with Crippen LogP contribution in [0.3, 0.4) is 0 Å². The Morgan fingerprint density at radius 2 is 2.21 bits per heavy atom. The maximum atomic E-state index is 12.2. The smallest absolute Gasteiger partial charge is 0.225 e. The molecule has 1 saturated heterocycles. The van der Waals surface area contributed by atoms with Crippen LogP contribution in [0.4, 0.5) is 0 Å². The quantitative estimate of drug-likeness (QED) is 0.871. The van der Waals surface area contributed by atoms with Gasteiger partial charge in [0.15, 0.2) is 0 Å². The minimum Gasteiger partial charge on any atom is -0.496 e. The van der Waals surface area contributed by atoms with Crippen molar-refractivity contribution in [2.45, 2.75) is 32.4 Å². The summed E-state index contributed by atoms with van der Waals surface area (Å²) < 4.78 is 5.33. The second kappa shape index (κ2) is 6.06. The van der Waals surface area contributed by atoms with Crippen molar-refractivity contribution in [2.75, 3.05) is 13.7 Å². The van der Waals surface area contributed by atoms with Crippen molar-refractivity contribution in [1.82, 2.24) is 10.6 Å². The highest BCUT2D eigenvalue weighted by Crippen LogP contribution is 2.25. The SMILES string of the molecule is COc1ccccc1C(C)NC(=O)C1CCNC1C. The number of carbonyl (C=O) groups excluding carboxylic acids is 1. The molecule has 19 heavy (non-hydrogen) atoms. The third-order valence-electron chi connectivity index (χ3n) is 3.83. The first kappa shape index (κ1) is 13.9. The summed E-state index contributed by atoms with van der Waals surface area (Å²) in [7, 11) is 1.65. The fourth-order valence-electron chi connectivity index (χ4n) is 2.64. The van der Waals surface area contributed by atoms with Crippen LogP contribution in [0, 0.1) is 5.92 Å². The van der Waals surface area contributed by atoms with Crippen molar-refractivity contribution in [3.05, 3.63) is 29.8 Å². The van der Waals surface area contributed by atoms with Crippen LogP contribution >= 0.6 is 0 Å². The Hall–Kier alpha value is -1.55. The molecule has 1 aliphatic rings. The van der Waals surface area contributed by atoms with E-state index in [-0.39, 0.29) is 23.9 Å². The topological polar surface area (TPSA) is 50.4 Å². The molecule has 0 radical (unpaired) electrons. The van der Waals surface area contributed by atoms with E-state index in [0.717, 1.165) is 24.3 Å². The van der Waals surface area contributed by atoms with Crippen LogP contribution in [-0.2, 0) is 4.79 Å². The van der Waals surface area contributed by atoms with Gasteiger partial charge in [-0.05, 0) is 32.9 Å². The normalized spacial score (nSPS) is 23.9. The van der Waals surface area contributed by atoms with Crippen LogP contribution in [0.1, 0.15) is 31.9 Å². The first-order valence-electron chi connectivity index (χ1n) is 6.80. The molecule has 1 amide bonds. The summed E-state index contributed by atoms with van der Waals surface area (Å²) in [5, 5.41) is 6.38. The van der Waals surface area contributed by atoms with Crippen LogP contribution in [0.25, 0.3) is 0 Å². The molecular formula is C15H22N2O2. The Morgan fingerprint density at radius 3 is 2.84 bits per heavy atom. The molecule has 2 rings (SSSR count). The molecule has 1 heterocycles. The van der Waals surface area contributed by atoms with E-state index >= 15 is 0 Å². The molecule has 4 nitrogen and oxygen atoms in total. The first-order valence-corrected chi connectivity index (χ1v) is 6.80.